The molecule has 4 nitrogen and oxygen atoms in total. The summed E-state index contributed by atoms with van der Waals surface area (Å²) in [6.07, 6.45) is 1.02. The van der Waals surface area contributed by atoms with Crippen LogP contribution in [0.3, 0.4) is 0 Å². The lowest BCUT2D eigenvalue weighted by Gasteiger charge is -2.27. The molecular weight excluding hydrogens is 226 g/mol. The van der Waals surface area contributed by atoms with E-state index in [1.165, 1.54) is 0 Å². The van der Waals surface area contributed by atoms with E-state index in [2.05, 4.69) is 4.72 Å². The van der Waals surface area contributed by atoms with Crippen molar-refractivity contribution in [3.8, 4) is 0 Å². The van der Waals surface area contributed by atoms with Gasteiger partial charge in [-0.3, -0.25) is 0 Å². The van der Waals surface area contributed by atoms with Crippen LogP contribution in [-0.2, 0) is 14.8 Å². The molecule has 0 spiro atoms. The van der Waals surface area contributed by atoms with E-state index in [4.69, 9.17) is 4.74 Å². The molecule has 0 aliphatic carbocycles. The molecule has 1 rings (SSSR count). The van der Waals surface area contributed by atoms with Crippen LogP contribution in [0.2, 0.25) is 0 Å². The third kappa shape index (κ3) is 3.71. The zero-order chi connectivity index (χ0) is 12.6. The van der Waals surface area contributed by atoms with Crippen LogP contribution in [0.15, 0.2) is 0 Å². The molecule has 0 saturated carbocycles. The maximum Gasteiger partial charge on any atom is 0.216 e. The summed E-state index contributed by atoms with van der Waals surface area (Å²) in [6.45, 7) is 9.94. The van der Waals surface area contributed by atoms with Gasteiger partial charge in [0.1, 0.15) is 0 Å². The van der Waals surface area contributed by atoms with Gasteiger partial charge in [-0.05, 0) is 33.1 Å². The highest BCUT2D eigenvalue weighted by molar-refractivity contribution is 7.90. The maximum absolute atomic E-state index is 12.0. The molecule has 16 heavy (non-hydrogen) atoms. The number of nitrogens with one attached hydrogen (secondary N) is 1. The van der Waals surface area contributed by atoms with Crippen LogP contribution in [0.1, 0.15) is 41.0 Å². The van der Waals surface area contributed by atoms with E-state index in [0.29, 0.717) is 0 Å². The Bertz CT molecular complexity index is 326. The summed E-state index contributed by atoms with van der Waals surface area (Å²) in [5.41, 5.74) is 0. The van der Waals surface area contributed by atoms with Gasteiger partial charge in [0.2, 0.25) is 10.0 Å². The van der Waals surface area contributed by atoms with Crippen LogP contribution in [0.25, 0.3) is 0 Å². The van der Waals surface area contributed by atoms with Crippen LogP contribution in [-0.4, -0.2) is 31.9 Å². The van der Waals surface area contributed by atoms with E-state index in [1.807, 2.05) is 13.8 Å². The first-order valence-corrected chi connectivity index (χ1v) is 7.25. The number of sulfonamides is 1. The molecule has 1 heterocycles. The maximum atomic E-state index is 12.0. The SMILES string of the molecule is CC(C)[C@H](CC1CO1)NS(=O)(=O)C(C)(C)C. The van der Waals surface area contributed by atoms with Crippen molar-refractivity contribution >= 4 is 10.0 Å². The smallest absolute Gasteiger partial charge is 0.216 e. The Balaban J connectivity index is 2.67. The molecular formula is C11H23NO3S. The van der Waals surface area contributed by atoms with E-state index < -0.39 is 14.8 Å². The van der Waals surface area contributed by atoms with Gasteiger partial charge in [-0.1, -0.05) is 13.8 Å². The second-order valence-corrected chi connectivity index (χ2v) is 8.24. The molecule has 1 aliphatic heterocycles. The van der Waals surface area contributed by atoms with Crippen molar-refractivity contribution in [3.63, 3.8) is 0 Å². The highest BCUT2D eigenvalue weighted by Crippen LogP contribution is 2.22. The molecule has 0 aromatic heterocycles. The summed E-state index contributed by atoms with van der Waals surface area (Å²) in [4.78, 5) is 0. The lowest BCUT2D eigenvalue weighted by molar-refractivity contribution is 0.339. The minimum Gasteiger partial charge on any atom is -0.373 e. The Hall–Kier alpha value is -0.130. The van der Waals surface area contributed by atoms with Crippen LogP contribution in [0.4, 0.5) is 0 Å². The average molecular weight is 249 g/mol. The monoisotopic (exact) mass is 249 g/mol. The van der Waals surface area contributed by atoms with Crippen molar-refractivity contribution in [2.75, 3.05) is 6.61 Å². The zero-order valence-corrected chi connectivity index (χ0v) is 11.6. The number of ether oxygens (including phenoxy) is 1. The van der Waals surface area contributed by atoms with Gasteiger partial charge in [0.25, 0.3) is 0 Å². The Morgan fingerprint density at radius 2 is 1.88 bits per heavy atom. The fourth-order valence-electron chi connectivity index (χ4n) is 1.32. The molecule has 2 atom stereocenters. The minimum atomic E-state index is -3.27. The molecule has 96 valence electrons. The van der Waals surface area contributed by atoms with Gasteiger partial charge >= 0.3 is 0 Å². The lowest BCUT2D eigenvalue weighted by Crippen LogP contribution is -2.47. The van der Waals surface area contributed by atoms with E-state index >= 15 is 0 Å². The van der Waals surface area contributed by atoms with Crippen molar-refractivity contribution in [2.24, 2.45) is 5.92 Å². The first-order chi connectivity index (χ1) is 7.13. The Morgan fingerprint density at radius 3 is 2.19 bits per heavy atom. The molecule has 0 radical (unpaired) electrons. The third-order valence-corrected chi connectivity index (χ3v) is 5.06. The van der Waals surface area contributed by atoms with E-state index in [-0.39, 0.29) is 18.1 Å². The Kier molecular flexibility index (Phi) is 4.03. The molecule has 0 bridgehead atoms. The predicted octanol–water partition coefficient (Wildman–Crippen LogP) is 1.52. The molecule has 0 amide bonds. The summed E-state index contributed by atoms with van der Waals surface area (Å²) in [5, 5.41) is 0. The van der Waals surface area contributed by atoms with Crippen molar-refractivity contribution in [1.29, 1.82) is 0 Å². The summed E-state index contributed by atoms with van der Waals surface area (Å²) < 4.78 is 31.2. The first-order valence-electron chi connectivity index (χ1n) is 5.77. The predicted molar refractivity (Wildman–Crippen MR) is 64.8 cm³/mol. The van der Waals surface area contributed by atoms with Gasteiger partial charge in [0.05, 0.1) is 17.5 Å². The Morgan fingerprint density at radius 1 is 1.38 bits per heavy atom. The van der Waals surface area contributed by atoms with E-state index in [9.17, 15) is 8.42 Å². The fourth-order valence-corrected chi connectivity index (χ4v) is 2.44. The van der Waals surface area contributed by atoms with Crippen molar-refractivity contribution in [2.45, 2.75) is 57.9 Å². The van der Waals surface area contributed by atoms with Crippen LogP contribution in [0, 0.1) is 5.92 Å². The van der Waals surface area contributed by atoms with Crippen LogP contribution >= 0.6 is 0 Å². The zero-order valence-electron chi connectivity index (χ0n) is 10.8. The number of hydrogen-bond donors (Lipinski definition) is 1. The average Bonchev–Trinajstić information content (AvgIpc) is 2.84. The highest BCUT2D eigenvalue weighted by Gasteiger charge is 2.35. The molecule has 1 saturated heterocycles. The number of hydrogen-bond acceptors (Lipinski definition) is 3. The quantitative estimate of drug-likeness (QED) is 0.752. The van der Waals surface area contributed by atoms with Gasteiger partial charge in [0, 0.05) is 6.04 Å². The topological polar surface area (TPSA) is 58.7 Å². The van der Waals surface area contributed by atoms with Gasteiger partial charge in [-0.2, -0.15) is 0 Å². The van der Waals surface area contributed by atoms with Gasteiger partial charge in [0.15, 0.2) is 0 Å². The molecule has 1 unspecified atom stereocenters. The van der Waals surface area contributed by atoms with Crippen LogP contribution < -0.4 is 4.72 Å². The second kappa shape index (κ2) is 4.63. The van der Waals surface area contributed by atoms with Crippen molar-refractivity contribution in [1.82, 2.24) is 4.72 Å². The number of epoxide rings is 1. The van der Waals surface area contributed by atoms with E-state index in [1.54, 1.807) is 20.8 Å². The summed E-state index contributed by atoms with van der Waals surface area (Å²) in [6, 6.07) is -0.0308. The molecule has 5 heteroatoms. The van der Waals surface area contributed by atoms with Gasteiger partial charge in [-0.25, -0.2) is 13.1 Å². The normalized spacial score (nSPS) is 23.5. The third-order valence-electron chi connectivity index (χ3n) is 2.84. The molecule has 0 aromatic rings. The summed E-state index contributed by atoms with van der Waals surface area (Å²) in [5.74, 6) is 0.279. The number of rotatable bonds is 5. The standard InChI is InChI=1S/C11H23NO3S/c1-8(2)10(6-9-7-15-9)12-16(13,14)11(3,4)5/h8-10,12H,6-7H2,1-5H3/t9?,10-/m0/s1. The molecule has 1 fully saturated rings. The van der Waals surface area contributed by atoms with Gasteiger partial charge < -0.3 is 4.74 Å². The fraction of sp³-hybridized carbons (Fsp3) is 1.00. The minimum absolute atomic E-state index is 0.0308. The molecule has 1 aliphatic rings. The van der Waals surface area contributed by atoms with Crippen molar-refractivity contribution < 1.29 is 13.2 Å². The molecule has 1 N–H and O–H groups in total. The largest absolute Gasteiger partial charge is 0.373 e. The van der Waals surface area contributed by atoms with Crippen molar-refractivity contribution in [3.05, 3.63) is 0 Å². The Labute approximate surface area is 98.8 Å². The summed E-state index contributed by atoms with van der Waals surface area (Å²) >= 11 is 0. The lowest BCUT2D eigenvalue weighted by atomic mass is 10.0. The summed E-state index contributed by atoms with van der Waals surface area (Å²) in [7, 11) is -3.27. The first kappa shape index (κ1) is 13.9. The van der Waals surface area contributed by atoms with E-state index in [0.717, 1.165) is 13.0 Å². The van der Waals surface area contributed by atoms with Gasteiger partial charge in [-0.15, -0.1) is 0 Å². The molecule has 0 aromatic carbocycles. The highest BCUT2D eigenvalue weighted by atomic mass is 32.2. The van der Waals surface area contributed by atoms with Crippen LogP contribution in [0.5, 0.6) is 0 Å². The second-order valence-electron chi connectivity index (χ2n) is 5.78.